The summed E-state index contributed by atoms with van der Waals surface area (Å²) in [5.74, 6) is 0.500. The van der Waals surface area contributed by atoms with Crippen LogP contribution in [-0.2, 0) is 6.18 Å². The molecular formula is C16H24F3N5S. The Hall–Kier alpha value is -1.64. The van der Waals surface area contributed by atoms with Gasteiger partial charge in [-0.2, -0.15) is 18.2 Å². The van der Waals surface area contributed by atoms with Crippen LogP contribution in [0.25, 0.3) is 0 Å². The molecule has 1 fully saturated rings. The van der Waals surface area contributed by atoms with E-state index in [2.05, 4.69) is 20.6 Å². The van der Waals surface area contributed by atoms with Crippen molar-refractivity contribution >= 4 is 29.1 Å². The van der Waals surface area contributed by atoms with E-state index in [1.165, 1.54) is 0 Å². The molecule has 5 nitrogen and oxygen atoms in total. The zero-order valence-corrected chi connectivity index (χ0v) is 15.5. The third-order valence-electron chi connectivity index (χ3n) is 4.00. The maximum absolute atomic E-state index is 13.2. The van der Waals surface area contributed by atoms with Gasteiger partial charge in [0.1, 0.15) is 5.82 Å². The second-order valence-corrected chi connectivity index (χ2v) is 7.11. The van der Waals surface area contributed by atoms with E-state index >= 15 is 0 Å². The molecule has 0 amide bonds. The normalized spacial score (nSPS) is 18.4. The zero-order chi connectivity index (χ0) is 18.6. The van der Waals surface area contributed by atoms with Gasteiger partial charge in [-0.15, -0.1) is 0 Å². The summed E-state index contributed by atoms with van der Waals surface area (Å²) >= 11 is 5.12. The Balaban J connectivity index is 2.26. The van der Waals surface area contributed by atoms with Crippen molar-refractivity contribution in [3.63, 3.8) is 0 Å². The summed E-state index contributed by atoms with van der Waals surface area (Å²) < 4.78 is 39.7. The lowest BCUT2D eigenvalue weighted by Crippen LogP contribution is -2.38. The first kappa shape index (κ1) is 19.7. The van der Waals surface area contributed by atoms with E-state index in [1.54, 1.807) is 0 Å². The molecular weight excluding hydrogens is 351 g/mol. The molecule has 1 aromatic rings. The predicted octanol–water partition coefficient (Wildman–Crippen LogP) is 3.82. The number of aromatic nitrogens is 2. The quantitative estimate of drug-likeness (QED) is 0.781. The molecule has 0 spiro atoms. The molecule has 1 atom stereocenters. The Kier molecular flexibility index (Phi) is 6.42. The summed E-state index contributed by atoms with van der Waals surface area (Å²) in [6.45, 7) is 7.31. The van der Waals surface area contributed by atoms with Gasteiger partial charge in [0.15, 0.2) is 10.8 Å². The highest BCUT2D eigenvalue weighted by Gasteiger charge is 2.35. The average molecular weight is 375 g/mol. The van der Waals surface area contributed by atoms with Gasteiger partial charge in [-0.25, -0.2) is 4.98 Å². The Morgan fingerprint density at radius 2 is 2.08 bits per heavy atom. The number of hydrogen-bond donors (Lipinski definition) is 2. The summed E-state index contributed by atoms with van der Waals surface area (Å²) in [7, 11) is 0. The smallest absolute Gasteiger partial charge is 0.362 e. The number of nitrogens with one attached hydrogen (secondary N) is 2. The van der Waals surface area contributed by atoms with Crippen molar-refractivity contribution in [2.24, 2.45) is 5.92 Å². The Bertz CT molecular complexity index is 606. The number of thiocarbonyl (C=S) groups is 1. The standard InChI is InChI=1S/C16H24F3N5S/c1-10(2)9-20-15(25)23-14-21-12(16(17,18)19)8-13(22-14)24-7-5-4-6-11(24)3/h8,10-11H,4-7,9H2,1-3H3,(H2,20,21,22,23,25)/t11-/m1/s1. The Morgan fingerprint density at radius 1 is 1.36 bits per heavy atom. The molecule has 0 radical (unpaired) electrons. The lowest BCUT2D eigenvalue weighted by molar-refractivity contribution is -0.141. The number of nitrogens with zero attached hydrogens (tertiary/aromatic N) is 3. The molecule has 1 aliphatic rings. The lowest BCUT2D eigenvalue weighted by atomic mass is 10.0. The van der Waals surface area contributed by atoms with Crippen LogP contribution in [0.3, 0.4) is 0 Å². The predicted molar refractivity (Wildman–Crippen MR) is 96.8 cm³/mol. The van der Waals surface area contributed by atoms with Crippen LogP contribution in [0.15, 0.2) is 6.07 Å². The minimum absolute atomic E-state index is 0.135. The van der Waals surface area contributed by atoms with Crippen LogP contribution in [0.4, 0.5) is 24.9 Å². The van der Waals surface area contributed by atoms with Gasteiger partial charge in [-0.3, -0.25) is 0 Å². The highest BCUT2D eigenvalue weighted by Crippen LogP contribution is 2.32. The van der Waals surface area contributed by atoms with Crippen molar-refractivity contribution in [3.05, 3.63) is 11.8 Å². The van der Waals surface area contributed by atoms with Crippen molar-refractivity contribution in [3.8, 4) is 0 Å². The zero-order valence-electron chi connectivity index (χ0n) is 14.7. The summed E-state index contributed by atoms with van der Waals surface area (Å²) in [4.78, 5) is 9.75. The van der Waals surface area contributed by atoms with E-state index in [0.29, 0.717) is 19.0 Å². The average Bonchev–Trinajstić information content (AvgIpc) is 2.52. The third-order valence-corrected chi connectivity index (χ3v) is 4.24. The van der Waals surface area contributed by atoms with E-state index in [9.17, 15) is 13.2 Å². The third kappa shape index (κ3) is 5.69. The van der Waals surface area contributed by atoms with E-state index in [-0.39, 0.29) is 22.9 Å². The maximum Gasteiger partial charge on any atom is 0.433 e. The van der Waals surface area contributed by atoms with Crippen LogP contribution < -0.4 is 15.5 Å². The van der Waals surface area contributed by atoms with Gasteiger partial charge < -0.3 is 15.5 Å². The number of rotatable bonds is 4. The second-order valence-electron chi connectivity index (χ2n) is 6.70. The molecule has 2 N–H and O–H groups in total. The molecule has 140 valence electrons. The topological polar surface area (TPSA) is 53.1 Å². The summed E-state index contributed by atoms with van der Waals surface area (Å²) in [6.07, 6.45) is -1.60. The molecule has 0 aliphatic carbocycles. The fraction of sp³-hybridized carbons (Fsp3) is 0.688. The van der Waals surface area contributed by atoms with E-state index in [0.717, 1.165) is 25.3 Å². The molecule has 0 aromatic carbocycles. The maximum atomic E-state index is 13.2. The van der Waals surface area contributed by atoms with Gasteiger partial charge in [0.2, 0.25) is 5.95 Å². The molecule has 9 heteroatoms. The molecule has 2 rings (SSSR count). The number of anilines is 2. The molecule has 1 aromatic heterocycles. The summed E-state index contributed by atoms with van der Waals surface area (Å²) in [5.41, 5.74) is -0.968. The van der Waals surface area contributed by atoms with Crippen molar-refractivity contribution < 1.29 is 13.2 Å². The van der Waals surface area contributed by atoms with Crippen LogP contribution in [0.1, 0.15) is 45.7 Å². The fourth-order valence-electron chi connectivity index (χ4n) is 2.66. The Labute approximate surface area is 151 Å². The summed E-state index contributed by atoms with van der Waals surface area (Å²) in [6, 6.07) is 1.15. The first-order valence-corrected chi connectivity index (χ1v) is 8.85. The van der Waals surface area contributed by atoms with Crippen molar-refractivity contribution in [1.29, 1.82) is 0 Å². The van der Waals surface area contributed by atoms with E-state index < -0.39 is 11.9 Å². The molecule has 1 aliphatic heterocycles. The highest BCUT2D eigenvalue weighted by molar-refractivity contribution is 7.80. The van der Waals surface area contributed by atoms with Crippen molar-refractivity contribution in [2.45, 2.75) is 52.3 Å². The van der Waals surface area contributed by atoms with Gasteiger partial charge in [0.25, 0.3) is 0 Å². The van der Waals surface area contributed by atoms with Gasteiger partial charge in [-0.1, -0.05) is 13.8 Å². The van der Waals surface area contributed by atoms with Crippen LogP contribution in [0.2, 0.25) is 0 Å². The van der Waals surface area contributed by atoms with Gasteiger partial charge >= 0.3 is 6.18 Å². The van der Waals surface area contributed by atoms with Crippen LogP contribution >= 0.6 is 12.2 Å². The highest BCUT2D eigenvalue weighted by atomic mass is 32.1. The molecule has 0 bridgehead atoms. The number of hydrogen-bond acceptors (Lipinski definition) is 4. The van der Waals surface area contributed by atoms with Crippen molar-refractivity contribution in [1.82, 2.24) is 15.3 Å². The van der Waals surface area contributed by atoms with Gasteiger partial charge in [0.05, 0.1) is 0 Å². The first-order valence-electron chi connectivity index (χ1n) is 8.44. The largest absolute Gasteiger partial charge is 0.433 e. The summed E-state index contributed by atoms with van der Waals surface area (Å²) in [5, 5.41) is 5.83. The number of halogens is 3. The molecule has 25 heavy (non-hydrogen) atoms. The molecule has 2 heterocycles. The minimum atomic E-state index is -4.54. The van der Waals surface area contributed by atoms with Gasteiger partial charge in [-0.05, 0) is 44.3 Å². The van der Waals surface area contributed by atoms with Gasteiger partial charge in [0, 0.05) is 25.2 Å². The second kappa shape index (κ2) is 8.16. The van der Waals surface area contributed by atoms with Crippen LogP contribution in [0, 0.1) is 5.92 Å². The lowest BCUT2D eigenvalue weighted by Gasteiger charge is -2.34. The number of piperidine rings is 1. The van der Waals surface area contributed by atoms with Crippen molar-refractivity contribution in [2.75, 3.05) is 23.3 Å². The van der Waals surface area contributed by atoms with Crippen LogP contribution in [0.5, 0.6) is 0 Å². The first-order chi connectivity index (χ1) is 11.7. The molecule has 1 saturated heterocycles. The SMILES string of the molecule is CC(C)CNC(=S)Nc1nc(N2CCCC[C@H]2C)cc(C(F)(F)F)n1. The number of alkyl halides is 3. The van der Waals surface area contributed by atoms with Crippen LogP contribution in [-0.4, -0.2) is 34.2 Å². The van der Waals surface area contributed by atoms with E-state index in [1.807, 2.05) is 25.7 Å². The molecule has 0 unspecified atom stereocenters. The Morgan fingerprint density at radius 3 is 2.68 bits per heavy atom. The minimum Gasteiger partial charge on any atom is -0.362 e. The van der Waals surface area contributed by atoms with E-state index in [4.69, 9.17) is 12.2 Å². The fourth-order valence-corrected chi connectivity index (χ4v) is 2.84. The molecule has 0 saturated carbocycles. The monoisotopic (exact) mass is 375 g/mol.